The number of hydrogen-bond donors (Lipinski definition) is 3. The number of amides is 3. The van der Waals surface area contributed by atoms with Gasteiger partial charge in [-0.2, -0.15) is 0 Å². The molecule has 1 atom stereocenters. The van der Waals surface area contributed by atoms with E-state index in [-0.39, 0.29) is 47.5 Å². The van der Waals surface area contributed by atoms with Crippen molar-refractivity contribution in [3.8, 4) is 28.3 Å². The Morgan fingerprint density at radius 2 is 1.69 bits per heavy atom. The summed E-state index contributed by atoms with van der Waals surface area (Å²) in [4.78, 5) is 60.9. The normalized spacial score (nSPS) is 13.7. The first-order chi connectivity index (χ1) is 30.2. The summed E-state index contributed by atoms with van der Waals surface area (Å²) >= 11 is 2.37. The van der Waals surface area contributed by atoms with Crippen molar-refractivity contribution in [3.05, 3.63) is 119 Å². The molecule has 1 aliphatic rings. The molecule has 0 aliphatic carbocycles. The highest BCUT2D eigenvalue weighted by atomic mass is 32.2. The Morgan fingerprint density at radius 1 is 0.919 bits per heavy atom. The highest BCUT2D eigenvalue weighted by Crippen LogP contribution is 2.31. The van der Waals surface area contributed by atoms with Crippen LogP contribution in [0.2, 0.25) is 0 Å². The number of aromatic amines is 1. The first kappa shape index (κ1) is 41.9. The predicted octanol–water partition coefficient (Wildman–Crippen LogP) is 7.00. The largest absolute Gasteiger partial charge is 0.486 e. The molecule has 8 rings (SSSR count). The van der Waals surface area contributed by atoms with Crippen LogP contribution < -0.4 is 15.4 Å². The number of hydrogen-bond acceptors (Lipinski definition) is 13. The number of nitrogens with one attached hydrogen (secondary N) is 3. The zero-order chi connectivity index (χ0) is 43.2. The number of ether oxygens (including phenoxy) is 2. The van der Waals surface area contributed by atoms with Crippen LogP contribution in [0, 0.1) is 0 Å². The Labute approximate surface area is 364 Å². The average molecular weight is 871 g/mol. The van der Waals surface area contributed by atoms with Crippen molar-refractivity contribution in [2.75, 3.05) is 17.7 Å². The second-order valence-electron chi connectivity index (χ2n) is 14.4. The van der Waals surface area contributed by atoms with Gasteiger partial charge in [0.05, 0.1) is 28.6 Å². The quantitative estimate of drug-likeness (QED) is 0.0625. The number of nitrogens with zero attached hydrogens (tertiary/aromatic N) is 7. The minimum atomic E-state index is -0.567. The van der Waals surface area contributed by atoms with Gasteiger partial charge in [0.15, 0.2) is 17.3 Å². The molecule has 0 bridgehead atoms. The SMILES string of the molecule is CCCc1nc(NC(=O)CSc2ccc3nc(COc4ccc(CC5SC(=O)NC5=O)cc4)n(C)c3c2)c(C(=O)OCC)n1Cc1ccc(-c2ccccc2-c2nnn[nH]2)cc1. The summed E-state index contributed by atoms with van der Waals surface area (Å²) in [6.07, 6.45) is 1.81. The molecule has 1 saturated heterocycles. The smallest absolute Gasteiger partial charge is 0.358 e. The van der Waals surface area contributed by atoms with Crippen molar-refractivity contribution in [3.63, 3.8) is 0 Å². The first-order valence-electron chi connectivity index (χ1n) is 20.0. The number of rotatable bonds is 17. The molecule has 3 aromatic heterocycles. The second kappa shape index (κ2) is 18.9. The van der Waals surface area contributed by atoms with Gasteiger partial charge >= 0.3 is 5.97 Å². The molecule has 1 unspecified atom stereocenters. The molecule has 3 N–H and O–H groups in total. The first-order valence-corrected chi connectivity index (χ1v) is 21.8. The molecule has 7 aromatic rings. The number of carbonyl (C=O) groups excluding carboxylic acids is 4. The van der Waals surface area contributed by atoms with Crippen LogP contribution in [0.4, 0.5) is 10.6 Å². The van der Waals surface area contributed by atoms with Gasteiger partial charge in [0.2, 0.25) is 11.8 Å². The van der Waals surface area contributed by atoms with Gasteiger partial charge < -0.3 is 23.9 Å². The van der Waals surface area contributed by atoms with E-state index in [1.165, 1.54) is 11.8 Å². The summed E-state index contributed by atoms with van der Waals surface area (Å²) in [6.45, 7) is 4.50. The molecule has 1 fully saturated rings. The number of H-pyrrole nitrogens is 1. The number of imide groups is 1. The van der Waals surface area contributed by atoms with E-state index in [2.05, 4.69) is 31.3 Å². The standard InChI is InChI=1S/C44H42N10O6S2/c1-4-8-36-46-41(39(43(57)59-5-2)54(36)23-27-11-15-28(16-12-27)31-9-6-7-10-32(31)40-49-51-52-50-40)47-38(55)25-61-30-19-20-33-34(22-30)53(3)37(45-33)24-60-29-17-13-26(14-18-29)21-35-42(56)48-44(58)62-35/h6-7,9-20,22,35H,4-5,8,21,23-25H2,1-3H3,(H,47,55)(H,48,56,58)(H,49,50,51,52). The lowest BCUT2D eigenvalue weighted by Crippen LogP contribution is -2.25. The van der Waals surface area contributed by atoms with Gasteiger partial charge in [-0.05, 0) is 82.8 Å². The summed E-state index contributed by atoms with van der Waals surface area (Å²) in [5.41, 5.74) is 6.53. The zero-order valence-corrected chi connectivity index (χ0v) is 35.7. The van der Waals surface area contributed by atoms with Gasteiger partial charge in [0.25, 0.3) is 5.24 Å². The number of anilines is 1. The van der Waals surface area contributed by atoms with Crippen LogP contribution in [0.15, 0.2) is 95.9 Å². The van der Waals surface area contributed by atoms with E-state index in [0.29, 0.717) is 42.6 Å². The minimum Gasteiger partial charge on any atom is -0.486 e. The number of imidazole rings is 2. The van der Waals surface area contributed by atoms with Gasteiger partial charge in [-0.1, -0.05) is 79.3 Å². The van der Waals surface area contributed by atoms with Crippen molar-refractivity contribution in [1.29, 1.82) is 0 Å². The third-order valence-corrected chi connectivity index (χ3v) is 12.1. The maximum Gasteiger partial charge on any atom is 0.358 e. The van der Waals surface area contributed by atoms with Crippen LogP contribution in [0.25, 0.3) is 33.5 Å². The summed E-state index contributed by atoms with van der Waals surface area (Å²) in [6, 6.07) is 29.2. The number of benzene rings is 4. The van der Waals surface area contributed by atoms with Crippen molar-refractivity contribution in [2.45, 2.75) is 56.4 Å². The third kappa shape index (κ3) is 9.40. The van der Waals surface area contributed by atoms with E-state index in [9.17, 15) is 19.2 Å². The second-order valence-corrected chi connectivity index (χ2v) is 16.6. The monoisotopic (exact) mass is 870 g/mol. The number of aromatic nitrogens is 8. The Balaban J connectivity index is 0.926. The lowest BCUT2D eigenvalue weighted by Gasteiger charge is -2.13. The molecule has 1 aliphatic heterocycles. The van der Waals surface area contributed by atoms with Crippen molar-refractivity contribution in [1.82, 2.24) is 45.0 Å². The predicted molar refractivity (Wildman–Crippen MR) is 236 cm³/mol. The van der Waals surface area contributed by atoms with Gasteiger partial charge in [0.1, 0.15) is 24.0 Å². The highest BCUT2D eigenvalue weighted by Gasteiger charge is 2.31. The van der Waals surface area contributed by atoms with Crippen LogP contribution in [-0.2, 0) is 47.4 Å². The summed E-state index contributed by atoms with van der Waals surface area (Å²) in [7, 11) is 1.91. The van der Waals surface area contributed by atoms with E-state index >= 15 is 0 Å². The number of tetrazole rings is 1. The molecule has 316 valence electrons. The van der Waals surface area contributed by atoms with E-state index in [1.54, 1.807) is 6.92 Å². The molecule has 62 heavy (non-hydrogen) atoms. The van der Waals surface area contributed by atoms with E-state index in [4.69, 9.17) is 19.4 Å². The van der Waals surface area contributed by atoms with Crippen LogP contribution >= 0.6 is 23.5 Å². The van der Waals surface area contributed by atoms with Crippen molar-refractivity contribution in [2.24, 2.45) is 7.05 Å². The van der Waals surface area contributed by atoms with Crippen LogP contribution in [0.1, 0.15) is 53.5 Å². The maximum atomic E-state index is 13.5. The van der Waals surface area contributed by atoms with Crippen molar-refractivity contribution < 1.29 is 28.7 Å². The van der Waals surface area contributed by atoms with Crippen LogP contribution in [0.5, 0.6) is 5.75 Å². The molecule has 0 saturated carbocycles. The molecular weight excluding hydrogens is 829 g/mol. The number of esters is 1. The molecular formula is C44H42N10O6S2. The zero-order valence-electron chi connectivity index (χ0n) is 34.1. The number of fused-ring (bicyclic) bond motifs is 1. The molecule has 4 aromatic carbocycles. The number of aryl methyl sites for hydroxylation is 2. The average Bonchev–Trinajstić information content (AvgIpc) is 4.07. The van der Waals surface area contributed by atoms with Crippen molar-refractivity contribution >= 4 is 63.4 Å². The fourth-order valence-corrected chi connectivity index (χ4v) is 8.72. The molecule has 4 heterocycles. The third-order valence-electron chi connectivity index (χ3n) is 10.2. The van der Waals surface area contributed by atoms with E-state index in [0.717, 1.165) is 61.9 Å². The number of carbonyl (C=O) groups is 4. The summed E-state index contributed by atoms with van der Waals surface area (Å²) in [5.74, 6) is 1.69. The summed E-state index contributed by atoms with van der Waals surface area (Å²) < 4.78 is 15.3. The van der Waals surface area contributed by atoms with Crippen LogP contribution in [-0.4, -0.2) is 80.4 Å². The van der Waals surface area contributed by atoms with E-state index in [1.807, 2.05) is 114 Å². The topological polar surface area (TPSA) is 201 Å². The Morgan fingerprint density at radius 3 is 2.40 bits per heavy atom. The fraction of sp³-hybridized carbons (Fsp3) is 0.250. The van der Waals surface area contributed by atoms with Gasteiger partial charge in [0, 0.05) is 30.5 Å². The molecule has 0 spiro atoms. The lowest BCUT2D eigenvalue weighted by molar-refractivity contribution is -0.119. The Bertz CT molecular complexity index is 2750. The fourth-order valence-electron chi connectivity index (χ4n) is 7.13. The highest BCUT2D eigenvalue weighted by molar-refractivity contribution is 8.15. The lowest BCUT2D eigenvalue weighted by atomic mass is 9.98. The Kier molecular flexibility index (Phi) is 12.8. The van der Waals surface area contributed by atoms with Gasteiger partial charge in [-0.15, -0.1) is 16.9 Å². The van der Waals surface area contributed by atoms with Gasteiger partial charge in [-0.3, -0.25) is 19.7 Å². The summed E-state index contributed by atoms with van der Waals surface area (Å²) in [5, 5.41) is 18.8. The molecule has 3 amide bonds. The molecule has 16 nitrogen and oxygen atoms in total. The minimum absolute atomic E-state index is 0.0705. The van der Waals surface area contributed by atoms with Crippen LogP contribution in [0.3, 0.4) is 0 Å². The number of thioether (sulfide) groups is 2. The van der Waals surface area contributed by atoms with E-state index < -0.39 is 11.2 Å². The van der Waals surface area contributed by atoms with Gasteiger partial charge in [-0.25, -0.2) is 19.9 Å². The Hall–Kier alpha value is -6.79. The molecule has 18 heteroatoms. The maximum absolute atomic E-state index is 13.5. The molecule has 0 radical (unpaired) electrons.